The molecule has 3 aromatic rings. The van der Waals surface area contributed by atoms with Crippen molar-refractivity contribution < 1.29 is 4.79 Å². The molecule has 0 N–H and O–H groups in total. The van der Waals surface area contributed by atoms with Gasteiger partial charge in [0.05, 0.1) is 22.6 Å². The molecule has 0 spiro atoms. The van der Waals surface area contributed by atoms with Crippen molar-refractivity contribution in [2.45, 2.75) is 32.7 Å². The van der Waals surface area contributed by atoms with Crippen molar-refractivity contribution in [2.75, 3.05) is 26.2 Å². The van der Waals surface area contributed by atoms with E-state index in [0.29, 0.717) is 11.3 Å². The molecular weight excluding hydrogens is 388 g/mol. The second-order valence-electron chi connectivity index (χ2n) is 8.77. The van der Waals surface area contributed by atoms with Gasteiger partial charge in [0.2, 0.25) is 5.91 Å². The van der Waals surface area contributed by atoms with Crippen molar-refractivity contribution in [2.24, 2.45) is 5.92 Å². The van der Waals surface area contributed by atoms with Crippen LogP contribution in [0.2, 0.25) is 0 Å². The summed E-state index contributed by atoms with van der Waals surface area (Å²) < 4.78 is 1.76. The number of aryl methyl sites for hydroxylation is 1. The Bertz CT molecular complexity index is 1170. The fourth-order valence-corrected chi connectivity index (χ4v) is 4.45. The number of fused-ring (bicyclic) bond motifs is 1. The van der Waals surface area contributed by atoms with Gasteiger partial charge in [-0.2, -0.15) is 0 Å². The van der Waals surface area contributed by atoms with Gasteiger partial charge in [0, 0.05) is 32.1 Å². The molecule has 1 atom stereocenters. The Labute approximate surface area is 182 Å². The summed E-state index contributed by atoms with van der Waals surface area (Å²) in [6.07, 6.45) is 2.08. The number of hydrogen-bond acceptors (Lipinski definition) is 4. The Kier molecular flexibility index (Phi) is 5.10. The Hall–Kier alpha value is -2.99. The van der Waals surface area contributed by atoms with Crippen LogP contribution < -0.4 is 5.56 Å². The second-order valence-corrected chi connectivity index (χ2v) is 8.77. The molecule has 5 rings (SSSR count). The van der Waals surface area contributed by atoms with Gasteiger partial charge in [0.25, 0.3) is 5.56 Å². The summed E-state index contributed by atoms with van der Waals surface area (Å²) in [6, 6.07) is 15.5. The standard InChI is InChI=1S/C25H28N4O2/c1-17-7-11-20(12-8-17)29-23(26-22-6-4-3-5-21(22)25(29)31)18(2)27-13-15-28(16-14-27)24(30)19-9-10-19/h3-8,11-12,18-19H,9-10,13-16H2,1-2H3. The van der Waals surface area contributed by atoms with Crippen molar-refractivity contribution in [1.82, 2.24) is 19.4 Å². The van der Waals surface area contributed by atoms with Gasteiger partial charge in [-0.1, -0.05) is 29.8 Å². The summed E-state index contributed by atoms with van der Waals surface area (Å²) in [5, 5.41) is 0.624. The third-order valence-corrected chi connectivity index (χ3v) is 6.57. The zero-order valence-corrected chi connectivity index (χ0v) is 18.1. The minimum absolute atomic E-state index is 0.0427. The molecule has 1 amide bonds. The van der Waals surface area contributed by atoms with Crippen molar-refractivity contribution in [3.8, 4) is 5.69 Å². The monoisotopic (exact) mass is 416 g/mol. The Balaban J connectivity index is 1.51. The number of benzene rings is 2. The van der Waals surface area contributed by atoms with E-state index in [2.05, 4.69) is 11.8 Å². The van der Waals surface area contributed by atoms with Crippen LogP contribution in [0.15, 0.2) is 53.3 Å². The van der Waals surface area contributed by atoms with E-state index < -0.39 is 0 Å². The van der Waals surface area contributed by atoms with Crippen LogP contribution in [0.1, 0.15) is 37.2 Å². The maximum Gasteiger partial charge on any atom is 0.266 e. The van der Waals surface area contributed by atoms with Gasteiger partial charge >= 0.3 is 0 Å². The molecule has 0 bridgehead atoms. The number of rotatable bonds is 4. The van der Waals surface area contributed by atoms with Gasteiger partial charge in [0.15, 0.2) is 0 Å². The topological polar surface area (TPSA) is 58.4 Å². The highest BCUT2D eigenvalue weighted by Crippen LogP contribution is 2.32. The second kappa shape index (κ2) is 7.93. The summed E-state index contributed by atoms with van der Waals surface area (Å²) in [5.74, 6) is 1.32. The SMILES string of the molecule is Cc1ccc(-n2c(C(C)N3CCN(C(=O)C4CC4)CC3)nc3ccccc3c2=O)cc1. The van der Waals surface area contributed by atoms with E-state index in [4.69, 9.17) is 4.98 Å². The third kappa shape index (κ3) is 3.76. The molecule has 2 fully saturated rings. The molecule has 1 aromatic heterocycles. The van der Waals surface area contributed by atoms with Crippen molar-refractivity contribution in [1.29, 1.82) is 0 Å². The maximum absolute atomic E-state index is 13.5. The first kappa shape index (κ1) is 19.9. The lowest BCUT2D eigenvalue weighted by molar-refractivity contribution is -0.134. The summed E-state index contributed by atoms with van der Waals surface area (Å²) >= 11 is 0. The Morgan fingerprint density at radius 2 is 1.68 bits per heavy atom. The zero-order chi connectivity index (χ0) is 21.5. The van der Waals surface area contributed by atoms with E-state index in [1.165, 1.54) is 0 Å². The molecule has 1 saturated carbocycles. The van der Waals surface area contributed by atoms with Gasteiger partial charge in [-0.05, 0) is 51.0 Å². The number of hydrogen-bond donors (Lipinski definition) is 0. The number of aromatic nitrogens is 2. The average molecular weight is 417 g/mol. The van der Waals surface area contributed by atoms with Crippen LogP contribution in [0.4, 0.5) is 0 Å². The summed E-state index contributed by atoms with van der Waals surface area (Å²) in [6.45, 7) is 7.20. The summed E-state index contributed by atoms with van der Waals surface area (Å²) in [4.78, 5) is 35.2. The van der Waals surface area contributed by atoms with Crippen molar-refractivity contribution in [3.63, 3.8) is 0 Å². The normalized spacial score (nSPS) is 18.3. The quantitative estimate of drug-likeness (QED) is 0.655. The predicted octanol–water partition coefficient (Wildman–Crippen LogP) is 3.31. The number of piperazine rings is 1. The van der Waals surface area contributed by atoms with Gasteiger partial charge in [-0.25, -0.2) is 4.98 Å². The number of amides is 1. The predicted molar refractivity (Wildman–Crippen MR) is 121 cm³/mol. The van der Waals surface area contributed by atoms with E-state index in [1.807, 2.05) is 60.4 Å². The maximum atomic E-state index is 13.5. The third-order valence-electron chi connectivity index (χ3n) is 6.57. The molecule has 1 unspecified atom stereocenters. The lowest BCUT2D eigenvalue weighted by Gasteiger charge is -2.38. The Morgan fingerprint density at radius 3 is 2.35 bits per heavy atom. The number of para-hydroxylation sites is 1. The summed E-state index contributed by atoms with van der Waals surface area (Å²) in [5.41, 5.74) is 2.66. The van der Waals surface area contributed by atoms with Crippen LogP contribution >= 0.6 is 0 Å². The molecule has 2 heterocycles. The van der Waals surface area contributed by atoms with Crippen LogP contribution in [-0.4, -0.2) is 51.4 Å². The van der Waals surface area contributed by atoms with Gasteiger partial charge in [-0.15, -0.1) is 0 Å². The lowest BCUT2D eigenvalue weighted by atomic mass is 10.1. The summed E-state index contributed by atoms with van der Waals surface area (Å²) in [7, 11) is 0. The lowest BCUT2D eigenvalue weighted by Crippen LogP contribution is -2.50. The Morgan fingerprint density at radius 1 is 1.00 bits per heavy atom. The van der Waals surface area contributed by atoms with E-state index in [9.17, 15) is 9.59 Å². The van der Waals surface area contributed by atoms with Gasteiger partial charge in [-0.3, -0.25) is 19.1 Å². The molecule has 31 heavy (non-hydrogen) atoms. The van der Waals surface area contributed by atoms with Crippen LogP contribution in [0.25, 0.3) is 16.6 Å². The van der Waals surface area contributed by atoms with Crippen LogP contribution in [0.3, 0.4) is 0 Å². The molecule has 0 radical (unpaired) electrons. The number of carbonyl (C=O) groups is 1. The van der Waals surface area contributed by atoms with Crippen LogP contribution in [-0.2, 0) is 4.79 Å². The fourth-order valence-electron chi connectivity index (χ4n) is 4.45. The van der Waals surface area contributed by atoms with E-state index in [1.54, 1.807) is 4.57 Å². The zero-order valence-electron chi connectivity index (χ0n) is 18.1. The molecule has 1 aliphatic carbocycles. The average Bonchev–Trinajstić information content (AvgIpc) is 3.65. The highest BCUT2D eigenvalue weighted by atomic mass is 16.2. The van der Waals surface area contributed by atoms with Crippen LogP contribution in [0.5, 0.6) is 0 Å². The molecule has 160 valence electrons. The highest BCUT2D eigenvalue weighted by molar-refractivity contribution is 5.81. The molecular formula is C25H28N4O2. The molecule has 1 saturated heterocycles. The van der Waals surface area contributed by atoms with Crippen molar-refractivity contribution in [3.05, 3.63) is 70.3 Å². The number of nitrogens with zero attached hydrogens (tertiary/aromatic N) is 4. The molecule has 6 nitrogen and oxygen atoms in total. The first-order valence-electron chi connectivity index (χ1n) is 11.1. The van der Waals surface area contributed by atoms with Crippen molar-refractivity contribution >= 4 is 16.8 Å². The molecule has 1 aliphatic heterocycles. The fraction of sp³-hybridized carbons (Fsp3) is 0.400. The smallest absolute Gasteiger partial charge is 0.266 e. The van der Waals surface area contributed by atoms with Gasteiger partial charge < -0.3 is 4.90 Å². The molecule has 6 heteroatoms. The van der Waals surface area contributed by atoms with E-state index >= 15 is 0 Å². The van der Waals surface area contributed by atoms with Crippen LogP contribution in [0, 0.1) is 12.8 Å². The first-order valence-corrected chi connectivity index (χ1v) is 11.1. The number of carbonyl (C=O) groups excluding carboxylic acids is 1. The van der Waals surface area contributed by atoms with E-state index in [0.717, 1.165) is 61.6 Å². The molecule has 2 aliphatic rings. The molecule has 2 aromatic carbocycles. The van der Waals surface area contributed by atoms with Gasteiger partial charge in [0.1, 0.15) is 5.82 Å². The minimum atomic E-state index is -0.0446. The minimum Gasteiger partial charge on any atom is -0.340 e. The highest BCUT2D eigenvalue weighted by Gasteiger charge is 2.35. The van der Waals surface area contributed by atoms with E-state index in [-0.39, 0.29) is 17.5 Å². The largest absolute Gasteiger partial charge is 0.340 e. The first-order chi connectivity index (χ1) is 15.0.